The average Bonchev–Trinajstić information content (AvgIpc) is 2.17. The van der Waals surface area contributed by atoms with Crippen molar-refractivity contribution in [2.24, 2.45) is 0 Å². The fourth-order valence-electron chi connectivity index (χ4n) is 0.837. The Balaban J connectivity index is 2.83. The minimum absolute atomic E-state index is 0.251. The molecule has 1 heterocycles. The summed E-state index contributed by atoms with van der Waals surface area (Å²) in [5.74, 6) is 0. The van der Waals surface area contributed by atoms with E-state index >= 15 is 0 Å². The molecule has 13 heavy (non-hydrogen) atoms. The molecule has 6 nitrogen and oxygen atoms in total. The highest BCUT2D eigenvalue weighted by Crippen LogP contribution is 2.12. The molecule has 0 amide bonds. The van der Waals surface area contributed by atoms with Gasteiger partial charge in [-0.05, 0) is 0 Å². The molecule has 1 aromatic heterocycles. The third-order valence-corrected chi connectivity index (χ3v) is 1.59. The quantitative estimate of drug-likeness (QED) is 0.443. The van der Waals surface area contributed by atoms with Gasteiger partial charge in [-0.2, -0.15) is 0 Å². The van der Waals surface area contributed by atoms with E-state index in [1.807, 2.05) is 0 Å². The van der Waals surface area contributed by atoms with Crippen molar-refractivity contribution in [1.29, 1.82) is 0 Å². The van der Waals surface area contributed by atoms with E-state index in [0.29, 0.717) is 0 Å². The third kappa shape index (κ3) is 2.35. The molecule has 0 radical (unpaired) electrons. The molecule has 2 unspecified atom stereocenters. The van der Waals surface area contributed by atoms with Crippen molar-refractivity contribution < 1.29 is 15.3 Å². The molecule has 4 N–H and O–H groups in total. The number of H-pyrrole nitrogens is 1. The van der Waals surface area contributed by atoms with Gasteiger partial charge in [0.1, 0.15) is 12.2 Å². The average molecular weight is 186 g/mol. The molecule has 0 aliphatic carbocycles. The number of rotatable bonds is 3. The lowest BCUT2D eigenvalue weighted by Crippen LogP contribution is -2.23. The fourth-order valence-corrected chi connectivity index (χ4v) is 0.837. The van der Waals surface area contributed by atoms with Crippen molar-refractivity contribution in [1.82, 2.24) is 9.97 Å². The number of nitrogens with one attached hydrogen (secondary N) is 1. The van der Waals surface area contributed by atoms with Crippen molar-refractivity contribution in [3.63, 3.8) is 0 Å². The highest BCUT2D eigenvalue weighted by molar-refractivity contribution is 5.08. The van der Waals surface area contributed by atoms with Crippen LogP contribution in [0.1, 0.15) is 11.7 Å². The molecule has 72 valence electrons. The van der Waals surface area contributed by atoms with Crippen LogP contribution in [0.3, 0.4) is 0 Å². The van der Waals surface area contributed by atoms with Crippen molar-refractivity contribution in [2.75, 3.05) is 6.61 Å². The summed E-state index contributed by atoms with van der Waals surface area (Å²) in [7, 11) is 0. The van der Waals surface area contributed by atoms with Crippen LogP contribution in [0.15, 0.2) is 17.2 Å². The van der Waals surface area contributed by atoms with Crippen molar-refractivity contribution in [3.05, 3.63) is 28.4 Å². The van der Waals surface area contributed by atoms with E-state index in [0.717, 1.165) is 6.20 Å². The number of aromatic nitrogens is 2. The topological polar surface area (TPSA) is 106 Å². The van der Waals surface area contributed by atoms with Gasteiger partial charge in [-0.3, -0.25) is 0 Å². The molecule has 6 heteroatoms. The van der Waals surface area contributed by atoms with Crippen LogP contribution in [-0.2, 0) is 0 Å². The van der Waals surface area contributed by atoms with E-state index in [1.54, 1.807) is 0 Å². The fraction of sp³-hybridized carbons (Fsp3) is 0.429. The second kappa shape index (κ2) is 4.13. The molecule has 0 bridgehead atoms. The number of hydrogen-bond acceptors (Lipinski definition) is 5. The highest BCUT2D eigenvalue weighted by atomic mass is 16.4. The summed E-state index contributed by atoms with van der Waals surface area (Å²) in [5.41, 5.74) is -0.282. The number of aliphatic hydroxyl groups excluding tert-OH is 3. The zero-order valence-electron chi connectivity index (χ0n) is 6.71. The lowest BCUT2D eigenvalue weighted by molar-refractivity contribution is -0.0156. The van der Waals surface area contributed by atoms with Gasteiger partial charge in [0.2, 0.25) is 0 Å². The van der Waals surface area contributed by atoms with Gasteiger partial charge in [-0.15, -0.1) is 0 Å². The minimum atomic E-state index is -1.27. The van der Waals surface area contributed by atoms with E-state index in [4.69, 9.17) is 10.2 Å². The molecule has 0 aliphatic heterocycles. The zero-order chi connectivity index (χ0) is 9.84. The predicted molar refractivity (Wildman–Crippen MR) is 42.9 cm³/mol. The minimum Gasteiger partial charge on any atom is -0.394 e. The van der Waals surface area contributed by atoms with Gasteiger partial charge < -0.3 is 20.3 Å². The molecule has 0 spiro atoms. The van der Waals surface area contributed by atoms with Crippen LogP contribution in [0.5, 0.6) is 0 Å². The molecule has 0 saturated carbocycles. The maximum atomic E-state index is 10.5. The zero-order valence-corrected chi connectivity index (χ0v) is 6.71. The second-order valence-electron chi connectivity index (χ2n) is 2.55. The van der Waals surface area contributed by atoms with Crippen LogP contribution in [0.4, 0.5) is 0 Å². The Kier molecular flexibility index (Phi) is 3.13. The highest BCUT2D eigenvalue weighted by Gasteiger charge is 2.17. The predicted octanol–water partition coefficient (Wildman–Crippen LogP) is -1.84. The second-order valence-corrected chi connectivity index (χ2v) is 2.55. The molecule has 0 fully saturated rings. The van der Waals surface area contributed by atoms with Crippen LogP contribution < -0.4 is 5.69 Å². The normalized spacial score (nSPS) is 15.3. The van der Waals surface area contributed by atoms with E-state index in [2.05, 4.69) is 9.97 Å². The molecule has 2 atom stereocenters. The first-order valence-corrected chi connectivity index (χ1v) is 3.66. The van der Waals surface area contributed by atoms with Gasteiger partial charge in [-0.1, -0.05) is 0 Å². The molecule has 0 saturated heterocycles. The number of hydrogen-bond donors (Lipinski definition) is 4. The lowest BCUT2D eigenvalue weighted by Gasteiger charge is -2.14. The number of aliphatic hydroxyl groups is 3. The van der Waals surface area contributed by atoms with E-state index in [-0.39, 0.29) is 5.56 Å². The maximum absolute atomic E-state index is 10.5. The van der Waals surface area contributed by atoms with Crippen molar-refractivity contribution >= 4 is 0 Å². The Bertz CT molecular complexity index is 304. The molecule has 1 aromatic rings. The maximum Gasteiger partial charge on any atom is 0.344 e. The van der Waals surface area contributed by atoms with Gasteiger partial charge >= 0.3 is 5.69 Å². The number of aromatic amines is 1. The Hall–Kier alpha value is -1.24. The van der Waals surface area contributed by atoms with Crippen LogP contribution in [0, 0.1) is 0 Å². The summed E-state index contributed by atoms with van der Waals surface area (Å²) in [6.07, 6.45) is -0.136. The summed E-state index contributed by atoms with van der Waals surface area (Å²) in [4.78, 5) is 16.1. The summed E-state index contributed by atoms with van der Waals surface area (Å²) in [5, 5.41) is 26.9. The van der Waals surface area contributed by atoms with Crippen molar-refractivity contribution in [3.8, 4) is 0 Å². The summed E-state index contributed by atoms with van der Waals surface area (Å²) < 4.78 is 0. The van der Waals surface area contributed by atoms with Crippen LogP contribution in [0.25, 0.3) is 0 Å². The van der Waals surface area contributed by atoms with E-state index < -0.39 is 24.5 Å². The standard InChI is InChI=1S/C7H10N2O4/c10-3-5(11)6(12)4-1-8-7(13)9-2-4/h1-2,5-6,10-12H,3H2,(H,8,9,13). The van der Waals surface area contributed by atoms with Crippen LogP contribution in [0.2, 0.25) is 0 Å². The first-order chi connectivity index (χ1) is 6.15. The summed E-state index contributed by atoms with van der Waals surface area (Å²) in [6.45, 7) is -0.555. The van der Waals surface area contributed by atoms with Crippen LogP contribution >= 0.6 is 0 Å². The first-order valence-electron chi connectivity index (χ1n) is 3.66. The molecular formula is C7H10N2O4. The van der Waals surface area contributed by atoms with Gasteiger partial charge in [0.05, 0.1) is 6.61 Å². The first kappa shape index (κ1) is 9.85. The van der Waals surface area contributed by atoms with Gasteiger partial charge in [-0.25, -0.2) is 9.78 Å². The summed E-state index contributed by atoms with van der Waals surface area (Å²) >= 11 is 0. The Morgan fingerprint density at radius 1 is 1.54 bits per heavy atom. The Morgan fingerprint density at radius 3 is 2.69 bits per heavy atom. The molecule has 0 aromatic carbocycles. The SMILES string of the molecule is O=c1ncc(C(O)C(O)CO)c[nH]1. The van der Waals surface area contributed by atoms with Gasteiger partial charge in [0, 0.05) is 18.0 Å². The molecule has 1 rings (SSSR count). The smallest absolute Gasteiger partial charge is 0.344 e. The van der Waals surface area contributed by atoms with E-state index in [9.17, 15) is 9.90 Å². The lowest BCUT2D eigenvalue weighted by atomic mass is 10.1. The van der Waals surface area contributed by atoms with Gasteiger partial charge in [0.25, 0.3) is 0 Å². The molecule has 0 aliphatic rings. The van der Waals surface area contributed by atoms with E-state index in [1.165, 1.54) is 6.20 Å². The molecular weight excluding hydrogens is 176 g/mol. The third-order valence-electron chi connectivity index (χ3n) is 1.59. The van der Waals surface area contributed by atoms with Gasteiger partial charge in [0.15, 0.2) is 0 Å². The summed E-state index contributed by atoms with van der Waals surface area (Å²) in [6, 6.07) is 0. The largest absolute Gasteiger partial charge is 0.394 e. The monoisotopic (exact) mass is 186 g/mol. The Labute approximate surface area is 73.5 Å². The Morgan fingerprint density at radius 2 is 2.23 bits per heavy atom. The van der Waals surface area contributed by atoms with Crippen molar-refractivity contribution in [2.45, 2.75) is 12.2 Å². The van der Waals surface area contributed by atoms with Crippen LogP contribution in [-0.4, -0.2) is 38.0 Å². The number of nitrogens with zero attached hydrogens (tertiary/aromatic N) is 1.